The molecule has 0 aliphatic heterocycles. The van der Waals surface area contributed by atoms with E-state index in [0.29, 0.717) is 0 Å². The number of nitrogens with zero attached hydrogens (tertiary/aromatic N) is 2. The van der Waals surface area contributed by atoms with Gasteiger partial charge in [0.2, 0.25) is 0 Å². The Bertz CT molecular complexity index is 247. The van der Waals surface area contributed by atoms with Crippen LogP contribution in [0.5, 0.6) is 0 Å². The number of rotatable bonds is 4. The van der Waals surface area contributed by atoms with E-state index in [1.807, 2.05) is 0 Å². The summed E-state index contributed by atoms with van der Waals surface area (Å²) in [6.45, 7) is 4.25. The molecule has 3 nitrogen and oxygen atoms in total. The summed E-state index contributed by atoms with van der Waals surface area (Å²) in [5.74, 6) is 0. The molecule has 3 heteroatoms. The quantitative estimate of drug-likeness (QED) is 0.768. The van der Waals surface area contributed by atoms with E-state index in [4.69, 9.17) is 5.73 Å². The first kappa shape index (κ1) is 9.96. The van der Waals surface area contributed by atoms with Crippen LogP contribution in [-0.4, -0.2) is 9.97 Å². The zero-order valence-corrected chi connectivity index (χ0v) is 8.38. The third kappa shape index (κ3) is 2.41. The third-order valence-corrected chi connectivity index (χ3v) is 2.02. The molecule has 0 saturated heterocycles. The van der Waals surface area contributed by atoms with Crippen LogP contribution >= 0.6 is 0 Å². The Balaban J connectivity index is 2.89. The number of nitrogen functional groups attached to an aromatic ring is 1. The Hall–Kier alpha value is -1.12. The highest BCUT2D eigenvalue weighted by atomic mass is 14.9. The normalized spacial score (nSPS) is 10.3. The van der Waals surface area contributed by atoms with Crippen LogP contribution in [0.4, 0.5) is 5.69 Å². The molecular formula is C10H17N3. The summed E-state index contributed by atoms with van der Waals surface area (Å²) in [7, 11) is 0. The molecule has 13 heavy (non-hydrogen) atoms. The van der Waals surface area contributed by atoms with Crippen molar-refractivity contribution in [2.75, 3.05) is 5.73 Å². The van der Waals surface area contributed by atoms with E-state index in [-0.39, 0.29) is 0 Å². The summed E-state index contributed by atoms with van der Waals surface area (Å²) in [6.07, 6.45) is 5.67. The molecule has 0 unspecified atom stereocenters. The summed E-state index contributed by atoms with van der Waals surface area (Å²) in [4.78, 5) is 8.35. The molecule has 0 spiro atoms. The van der Waals surface area contributed by atoms with Crippen molar-refractivity contribution in [3.05, 3.63) is 17.7 Å². The van der Waals surface area contributed by atoms with Crippen LogP contribution in [0.15, 0.2) is 6.33 Å². The Morgan fingerprint density at radius 1 is 1.08 bits per heavy atom. The SMILES string of the molecule is CCCc1ncnc(CCC)c1N. The van der Waals surface area contributed by atoms with Gasteiger partial charge in [0.25, 0.3) is 0 Å². The van der Waals surface area contributed by atoms with Crippen LogP contribution in [0.2, 0.25) is 0 Å². The summed E-state index contributed by atoms with van der Waals surface area (Å²) in [5.41, 5.74) is 8.73. The molecule has 72 valence electrons. The molecule has 0 bridgehead atoms. The van der Waals surface area contributed by atoms with Gasteiger partial charge in [-0.3, -0.25) is 0 Å². The molecule has 1 heterocycles. The first-order chi connectivity index (χ1) is 6.29. The fourth-order valence-corrected chi connectivity index (χ4v) is 1.35. The zero-order valence-electron chi connectivity index (χ0n) is 8.38. The number of nitrogens with two attached hydrogens (primary N) is 1. The second-order valence-corrected chi connectivity index (χ2v) is 3.18. The van der Waals surface area contributed by atoms with E-state index in [1.165, 1.54) is 0 Å². The molecule has 0 fully saturated rings. The average molecular weight is 179 g/mol. The van der Waals surface area contributed by atoms with Crippen molar-refractivity contribution >= 4 is 5.69 Å². The summed E-state index contributed by atoms with van der Waals surface area (Å²) >= 11 is 0. The van der Waals surface area contributed by atoms with E-state index in [9.17, 15) is 0 Å². The van der Waals surface area contributed by atoms with Crippen molar-refractivity contribution in [1.29, 1.82) is 0 Å². The second-order valence-electron chi connectivity index (χ2n) is 3.18. The van der Waals surface area contributed by atoms with Crippen LogP contribution in [0.3, 0.4) is 0 Å². The summed E-state index contributed by atoms with van der Waals surface area (Å²) < 4.78 is 0. The first-order valence-corrected chi connectivity index (χ1v) is 4.87. The minimum absolute atomic E-state index is 0.797. The predicted octanol–water partition coefficient (Wildman–Crippen LogP) is 1.96. The van der Waals surface area contributed by atoms with Gasteiger partial charge in [-0.25, -0.2) is 9.97 Å². The van der Waals surface area contributed by atoms with E-state index in [2.05, 4.69) is 23.8 Å². The Morgan fingerprint density at radius 2 is 1.54 bits per heavy atom. The molecule has 0 radical (unpaired) electrons. The van der Waals surface area contributed by atoms with Gasteiger partial charge in [-0.15, -0.1) is 0 Å². The minimum Gasteiger partial charge on any atom is -0.396 e. The van der Waals surface area contributed by atoms with Crippen molar-refractivity contribution in [2.24, 2.45) is 0 Å². The minimum atomic E-state index is 0.797. The monoisotopic (exact) mass is 179 g/mol. The molecule has 0 saturated carbocycles. The molecule has 0 aromatic carbocycles. The topological polar surface area (TPSA) is 51.8 Å². The number of aromatic nitrogens is 2. The van der Waals surface area contributed by atoms with Gasteiger partial charge in [-0.1, -0.05) is 26.7 Å². The maximum atomic E-state index is 5.93. The maximum absolute atomic E-state index is 5.93. The van der Waals surface area contributed by atoms with Gasteiger partial charge < -0.3 is 5.73 Å². The highest BCUT2D eigenvalue weighted by Gasteiger charge is 2.05. The van der Waals surface area contributed by atoms with Crippen LogP contribution in [0.25, 0.3) is 0 Å². The van der Waals surface area contributed by atoms with Gasteiger partial charge in [-0.05, 0) is 12.8 Å². The molecule has 1 rings (SSSR count). The predicted molar refractivity (Wildman–Crippen MR) is 54.4 cm³/mol. The number of aryl methyl sites for hydroxylation is 2. The van der Waals surface area contributed by atoms with E-state index < -0.39 is 0 Å². The van der Waals surface area contributed by atoms with Gasteiger partial charge in [0, 0.05) is 0 Å². The molecule has 1 aromatic rings. The van der Waals surface area contributed by atoms with Gasteiger partial charge in [0.1, 0.15) is 6.33 Å². The van der Waals surface area contributed by atoms with Gasteiger partial charge >= 0.3 is 0 Å². The van der Waals surface area contributed by atoms with Gasteiger partial charge in [0.15, 0.2) is 0 Å². The third-order valence-electron chi connectivity index (χ3n) is 2.02. The summed E-state index contributed by atoms with van der Waals surface area (Å²) in [6, 6.07) is 0. The molecule has 0 atom stereocenters. The highest BCUT2D eigenvalue weighted by Crippen LogP contribution is 2.15. The van der Waals surface area contributed by atoms with Crippen molar-refractivity contribution in [3.63, 3.8) is 0 Å². The second kappa shape index (κ2) is 4.80. The first-order valence-electron chi connectivity index (χ1n) is 4.87. The number of hydrogen-bond donors (Lipinski definition) is 1. The fraction of sp³-hybridized carbons (Fsp3) is 0.600. The van der Waals surface area contributed by atoms with E-state index >= 15 is 0 Å². The maximum Gasteiger partial charge on any atom is 0.116 e. The van der Waals surface area contributed by atoms with Crippen LogP contribution < -0.4 is 5.73 Å². The number of anilines is 1. The van der Waals surface area contributed by atoms with E-state index in [1.54, 1.807) is 6.33 Å². The van der Waals surface area contributed by atoms with E-state index in [0.717, 1.165) is 42.8 Å². The largest absolute Gasteiger partial charge is 0.396 e. The zero-order chi connectivity index (χ0) is 9.68. The lowest BCUT2D eigenvalue weighted by atomic mass is 10.1. The molecule has 1 aromatic heterocycles. The van der Waals surface area contributed by atoms with Gasteiger partial charge in [-0.2, -0.15) is 0 Å². The van der Waals surface area contributed by atoms with Crippen LogP contribution in [-0.2, 0) is 12.8 Å². The molecule has 0 amide bonds. The standard InChI is InChI=1S/C10H17N3/c1-3-5-8-10(11)9(6-4-2)13-7-12-8/h7H,3-6,11H2,1-2H3. The molecule has 2 N–H and O–H groups in total. The van der Waals surface area contributed by atoms with Crippen LogP contribution in [0.1, 0.15) is 38.1 Å². The highest BCUT2D eigenvalue weighted by molar-refractivity contribution is 5.47. The Morgan fingerprint density at radius 3 is 1.92 bits per heavy atom. The lowest BCUT2D eigenvalue weighted by molar-refractivity contribution is 0.835. The molecular weight excluding hydrogens is 162 g/mol. The summed E-state index contributed by atoms with van der Waals surface area (Å²) in [5, 5.41) is 0. The average Bonchev–Trinajstić information content (AvgIpc) is 2.13. The van der Waals surface area contributed by atoms with Gasteiger partial charge in [0.05, 0.1) is 17.1 Å². The lowest BCUT2D eigenvalue weighted by Gasteiger charge is -2.06. The number of hydrogen-bond acceptors (Lipinski definition) is 3. The van der Waals surface area contributed by atoms with Crippen molar-refractivity contribution in [3.8, 4) is 0 Å². The Labute approximate surface area is 79.4 Å². The molecule has 0 aliphatic rings. The van der Waals surface area contributed by atoms with Crippen molar-refractivity contribution in [1.82, 2.24) is 9.97 Å². The fourth-order valence-electron chi connectivity index (χ4n) is 1.35. The molecule has 0 aliphatic carbocycles. The van der Waals surface area contributed by atoms with Crippen molar-refractivity contribution < 1.29 is 0 Å². The Kier molecular flexibility index (Phi) is 3.68. The smallest absolute Gasteiger partial charge is 0.116 e. The lowest BCUT2D eigenvalue weighted by Crippen LogP contribution is -2.04. The van der Waals surface area contributed by atoms with Crippen molar-refractivity contribution in [2.45, 2.75) is 39.5 Å². The van der Waals surface area contributed by atoms with Crippen LogP contribution in [0, 0.1) is 0 Å².